The second-order valence-electron chi connectivity index (χ2n) is 5.39. The van der Waals surface area contributed by atoms with Gasteiger partial charge in [0.1, 0.15) is 5.75 Å². The van der Waals surface area contributed by atoms with Crippen LogP contribution >= 0.6 is 0 Å². The van der Waals surface area contributed by atoms with Gasteiger partial charge in [-0.1, -0.05) is 6.07 Å². The Balaban J connectivity index is 1.66. The van der Waals surface area contributed by atoms with E-state index in [0.717, 1.165) is 19.5 Å². The Morgan fingerprint density at radius 2 is 2.36 bits per heavy atom. The Morgan fingerprint density at radius 3 is 3.09 bits per heavy atom. The molecule has 22 heavy (non-hydrogen) atoms. The summed E-state index contributed by atoms with van der Waals surface area (Å²) in [5.74, 6) is 0.725. The van der Waals surface area contributed by atoms with Gasteiger partial charge < -0.3 is 15.4 Å². The van der Waals surface area contributed by atoms with Crippen LogP contribution in [0.4, 0.5) is 5.69 Å². The van der Waals surface area contributed by atoms with Crippen molar-refractivity contribution in [3.05, 3.63) is 34.4 Å². The number of non-ortho nitro benzene ring substituents is 1. The maximum absolute atomic E-state index is 11.7. The van der Waals surface area contributed by atoms with Crippen molar-refractivity contribution in [2.24, 2.45) is 5.92 Å². The molecule has 0 saturated carbocycles. The Labute approximate surface area is 129 Å². The second kappa shape index (κ2) is 8.33. The number of rotatable bonds is 7. The molecule has 2 rings (SSSR count). The number of nitrogens with one attached hydrogen (secondary N) is 2. The minimum atomic E-state index is -0.495. The van der Waals surface area contributed by atoms with E-state index >= 15 is 0 Å². The largest absolute Gasteiger partial charge is 0.484 e. The molecule has 1 saturated heterocycles. The fraction of sp³-hybridized carbons (Fsp3) is 0.533. The zero-order valence-electron chi connectivity index (χ0n) is 12.4. The molecule has 1 atom stereocenters. The molecule has 0 radical (unpaired) electrons. The quantitative estimate of drug-likeness (QED) is 0.588. The molecule has 7 heteroatoms. The van der Waals surface area contributed by atoms with Gasteiger partial charge in [-0.05, 0) is 44.3 Å². The lowest BCUT2D eigenvalue weighted by molar-refractivity contribution is -0.384. The highest BCUT2D eigenvalue weighted by Gasteiger charge is 2.13. The van der Waals surface area contributed by atoms with Crippen LogP contribution in [0.15, 0.2) is 24.3 Å². The predicted octanol–water partition coefficient (Wildman–Crippen LogP) is 1.48. The maximum atomic E-state index is 11.7. The molecule has 0 bridgehead atoms. The van der Waals surface area contributed by atoms with E-state index in [0.29, 0.717) is 18.2 Å². The zero-order valence-corrected chi connectivity index (χ0v) is 12.4. The van der Waals surface area contributed by atoms with Crippen molar-refractivity contribution >= 4 is 11.6 Å². The molecule has 0 aliphatic carbocycles. The van der Waals surface area contributed by atoms with Crippen molar-refractivity contribution in [3.63, 3.8) is 0 Å². The monoisotopic (exact) mass is 307 g/mol. The molecule has 7 nitrogen and oxygen atoms in total. The van der Waals surface area contributed by atoms with Crippen LogP contribution in [0, 0.1) is 16.0 Å². The van der Waals surface area contributed by atoms with E-state index in [-0.39, 0.29) is 18.2 Å². The fourth-order valence-electron chi connectivity index (χ4n) is 2.47. The fourth-order valence-corrected chi connectivity index (χ4v) is 2.47. The van der Waals surface area contributed by atoms with Crippen LogP contribution in [0.25, 0.3) is 0 Å². The Hall–Kier alpha value is -2.15. The Bertz CT molecular complexity index is 515. The summed E-state index contributed by atoms with van der Waals surface area (Å²) in [6.07, 6.45) is 3.34. The number of piperidine rings is 1. The van der Waals surface area contributed by atoms with Gasteiger partial charge in [0.25, 0.3) is 11.6 Å². The minimum absolute atomic E-state index is 0.0530. The maximum Gasteiger partial charge on any atom is 0.273 e. The summed E-state index contributed by atoms with van der Waals surface area (Å²) in [5, 5.41) is 16.8. The van der Waals surface area contributed by atoms with Crippen LogP contribution in [0.5, 0.6) is 5.75 Å². The summed E-state index contributed by atoms with van der Waals surface area (Å²) in [5.41, 5.74) is -0.0530. The van der Waals surface area contributed by atoms with Gasteiger partial charge in [0.05, 0.1) is 11.0 Å². The van der Waals surface area contributed by atoms with Gasteiger partial charge >= 0.3 is 0 Å². The van der Waals surface area contributed by atoms with Crippen molar-refractivity contribution < 1.29 is 14.5 Å². The lowest BCUT2D eigenvalue weighted by atomic mass is 9.96. The Morgan fingerprint density at radius 1 is 1.50 bits per heavy atom. The summed E-state index contributed by atoms with van der Waals surface area (Å²) in [6, 6.07) is 5.81. The summed E-state index contributed by atoms with van der Waals surface area (Å²) in [7, 11) is 0. The molecule has 2 N–H and O–H groups in total. The van der Waals surface area contributed by atoms with Crippen LogP contribution in [-0.4, -0.2) is 37.1 Å². The first-order valence-corrected chi connectivity index (χ1v) is 7.50. The first-order valence-electron chi connectivity index (χ1n) is 7.50. The second-order valence-corrected chi connectivity index (χ2v) is 5.39. The predicted molar refractivity (Wildman–Crippen MR) is 81.8 cm³/mol. The number of ether oxygens (including phenoxy) is 1. The van der Waals surface area contributed by atoms with Crippen LogP contribution in [0.1, 0.15) is 19.3 Å². The lowest BCUT2D eigenvalue weighted by Crippen LogP contribution is -2.34. The van der Waals surface area contributed by atoms with Crippen LogP contribution in [0.2, 0.25) is 0 Å². The van der Waals surface area contributed by atoms with E-state index in [9.17, 15) is 14.9 Å². The molecule has 1 amide bonds. The van der Waals surface area contributed by atoms with Crippen molar-refractivity contribution in [1.29, 1.82) is 0 Å². The number of hydrogen-bond donors (Lipinski definition) is 2. The number of carbonyl (C=O) groups excluding carboxylic acids is 1. The van der Waals surface area contributed by atoms with Crippen molar-refractivity contribution in [3.8, 4) is 5.75 Å². The third-order valence-electron chi connectivity index (χ3n) is 3.67. The number of benzene rings is 1. The molecule has 0 spiro atoms. The molecule has 1 aliphatic heterocycles. The number of hydrogen-bond acceptors (Lipinski definition) is 5. The average molecular weight is 307 g/mol. The van der Waals surface area contributed by atoms with Crippen molar-refractivity contribution in [2.45, 2.75) is 19.3 Å². The van der Waals surface area contributed by atoms with Crippen LogP contribution < -0.4 is 15.4 Å². The van der Waals surface area contributed by atoms with Gasteiger partial charge in [-0.2, -0.15) is 0 Å². The van der Waals surface area contributed by atoms with E-state index < -0.39 is 4.92 Å². The molecule has 1 aromatic rings. The van der Waals surface area contributed by atoms with E-state index in [4.69, 9.17) is 4.74 Å². The van der Waals surface area contributed by atoms with Crippen LogP contribution in [-0.2, 0) is 4.79 Å². The van der Waals surface area contributed by atoms with Gasteiger partial charge in [-0.25, -0.2) is 0 Å². The smallest absolute Gasteiger partial charge is 0.273 e. The molecule has 1 fully saturated rings. The number of nitrogens with zero attached hydrogens (tertiary/aromatic N) is 1. The standard InChI is InChI=1S/C15H21N3O4/c19-15(17-8-6-12-3-2-7-16-10-12)11-22-14-5-1-4-13(9-14)18(20)21/h1,4-5,9,12,16H,2-3,6-8,10-11H2,(H,17,19). The lowest BCUT2D eigenvalue weighted by Gasteiger charge is -2.22. The van der Waals surface area contributed by atoms with Gasteiger partial charge in [0.15, 0.2) is 6.61 Å². The SMILES string of the molecule is O=C(COc1cccc([N+](=O)[O-])c1)NCCC1CCCNC1. The highest BCUT2D eigenvalue weighted by atomic mass is 16.6. The van der Waals surface area contributed by atoms with Gasteiger partial charge in [0, 0.05) is 12.6 Å². The number of nitro benzene ring substituents is 1. The molecular formula is C15H21N3O4. The summed E-state index contributed by atoms with van der Waals surface area (Å²) >= 11 is 0. The molecule has 1 unspecified atom stereocenters. The highest BCUT2D eigenvalue weighted by Crippen LogP contribution is 2.18. The molecular weight excluding hydrogens is 286 g/mol. The average Bonchev–Trinajstić information content (AvgIpc) is 2.54. The third kappa shape index (κ3) is 5.33. The van der Waals surface area contributed by atoms with Gasteiger partial charge in [-0.3, -0.25) is 14.9 Å². The third-order valence-corrected chi connectivity index (χ3v) is 3.67. The van der Waals surface area contributed by atoms with E-state index in [1.807, 2.05) is 0 Å². The summed E-state index contributed by atoms with van der Waals surface area (Å²) in [4.78, 5) is 21.8. The Kier molecular flexibility index (Phi) is 6.14. The van der Waals surface area contributed by atoms with Gasteiger partial charge in [0.2, 0.25) is 0 Å². The number of nitro groups is 1. The van der Waals surface area contributed by atoms with Crippen LogP contribution in [0.3, 0.4) is 0 Å². The molecule has 0 aromatic heterocycles. The van der Waals surface area contributed by atoms with E-state index in [1.165, 1.54) is 31.0 Å². The number of carbonyl (C=O) groups is 1. The van der Waals surface area contributed by atoms with E-state index in [2.05, 4.69) is 10.6 Å². The minimum Gasteiger partial charge on any atom is -0.484 e. The highest BCUT2D eigenvalue weighted by molar-refractivity contribution is 5.77. The topological polar surface area (TPSA) is 93.5 Å². The first kappa shape index (κ1) is 16.2. The normalized spacial score (nSPS) is 17.7. The number of amides is 1. The molecule has 1 heterocycles. The van der Waals surface area contributed by atoms with Crippen molar-refractivity contribution in [2.75, 3.05) is 26.2 Å². The zero-order chi connectivity index (χ0) is 15.8. The molecule has 1 aliphatic rings. The van der Waals surface area contributed by atoms with E-state index in [1.54, 1.807) is 6.07 Å². The van der Waals surface area contributed by atoms with Crippen molar-refractivity contribution in [1.82, 2.24) is 10.6 Å². The summed E-state index contributed by atoms with van der Waals surface area (Å²) in [6.45, 7) is 2.59. The molecule has 120 valence electrons. The molecule has 1 aromatic carbocycles. The van der Waals surface area contributed by atoms with Gasteiger partial charge in [-0.15, -0.1) is 0 Å². The first-order chi connectivity index (χ1) is 10.6. The summed E-state index contributed by atoms with van der Waals surface area (Å²) < 4.78 is 5.27.